The fourth-order valence-corrected chi connectivity index (χ4v) is 0.940. The maximum absolute atomic E-state index is 9.33. The normalized spacial score (nSPS) is 16.4. The number of rotatable bonds is 0. The molecule has 0 saturated carbocycles. The third-order valence-corrected chi connectivity index (χ3v) is 1.54. The summed E-state index contributed by atoms with van der Waals surface area (Å²) in [5.74, 6) is 5.77. The molecular formula is C11H14O. The van der Waals surface area contributed by atoms with E-state index in [1.54, 1.807) is 13.8 Å². The molecule has 0 fully saturated rings. The first-order chi connectivity index (χ1) is 5.58. The van der Waals surface area contributed by atoms with Crippen molar-refractivity contribution in [2.45, 2.75) is 32.3 Å². The molecule has 1 rings (SSSR count). The summed E-state index contributed by atoms with van der Waals surface area (Å²) in [5, 5.41) is 9.33. The minimum atomic E-state index is -0.873. The summed E-state index contributed by atoms with van der Waals surface area (Å²) in [5.41, 5.74) is 0.238. The van der Waals surface area contributed by atoms with Crippen LogP contribution < -0.4 is 0 Å². The topological polar surface area (TPSA) is 20.2 Å². The fraction of sp³-hybridized carbons (Fsp3) is 0.455. The molecule has 0 radical (unpaired) electrons. The van der Waals surface area contributed by atoms with Gasteiger partial charge < -0.3 is 5.11 Å². The van der Waals surface area contributed by atoms with E-state index >= 15 is 0 Å². The lowest BCUT2D eigenvalue weighted by Crippen LogP contribution is -2.14. The molecule has 64 valence electrons. The second kappa shape index (κ2) is 3.60. The molecule has 1 aliphatic carbocycles. The van der Waals surface area contributed by atoms with Gasteiger partial charge in [-0.25, -0.2) is 0 Å². The number of hydrogen-bond donors (Lipinski definition) is 1. The maximum Gasteiger partial charge on any atom is 0.120 e. The molecule has 0 spiro atoms. The highest BCUT2D eigenvalue weighted by Gasteiger charge is 2.06. The van der Waals surface area contributed by atoms with Crippen molar-refractivity contribution in [2.75, 3.05) is 0 Å². The predicted octanol–water partition coefficient (Wildman–Crippen LogP) is 2.04. The van der Waals surface area contributed by atoms with Crippen LogP contribution in [0.1, 0.15) is 26.7 Å². The second-order valence-corrected chi connectivity index (χ2v) is 3.47. The van der Waals surface area contributed by atoms with Gasteiger partial charge in [-0.2, -0.15) is 0 Å². The Labute approximate surface area is 73.8 Å². The van der Waals surface area contributed by atoms with Gasteiger partial charge in [0.1, 0.15) is 5.60 Å². The fourth-order valence-electron chi connectivity index (χ4n) is 0.940. The average Bonchev–Trinajstić information content (AvgIpc) is 2.02. The van der Waals surface area contributed by atoms with Gasteiger partial charge in [0, 0.05) is 5.57 Å². The Balaban J connectivity index is 2.65. The van der Waals surface area contributed by atoms with Crippen molar-refractivity contribution in [1.29, 1.82) is 0 Å². The highest BCUT2D eigenvalue weighted by Crippen LogP contribution is 2.10. The molecule has 0 aromatic carbocycles. The van der Waals surface area contributed by atoms with Crippen LogP contribution in [0.3, 0.4) is 0 Å². The Bertz CT molecular complexity index is 266. The Kier molecular flexibility index (Phi) is 2.73. The van der Waals surface area contributed by atoms with Crippen LogP contribution in [0.5, 0.6) is 0 Å². The Morgan fingerprint density at radius 1 is 1.50 bits per heavy atom. The van der Waals surface area contributed by atoms with E-state index in [0.29, 0.717) is 0 Å². The van der Waals surface area contributed by atoms with Gasteiger partial charge in [0.15, 0.2) is 0 Å². The second-order valence-electron chi connectivity index (χ2n) is 3.47. The van der Waals surface area contributed by atoms with E-state index in [9.17, 15) is 5.11 Å². The highest BCUT2D eigenvalue weighted by atomic mass is 16.3. The number of allylic oxidation sites excluding steroid dienone is 4. The molecule has 0 heterocycles. The molecule has 0 atom stereocenters. The predicted molar refractivity (Wildman–Crippen MR) is 50.5 cm³/mol. The summed E-state index contributed by atoms with van der Waals surface area (Å²) in [4.78, 5) is 0. The SMILES string of the molecule is CC(C)(O)C#CC1=CC=CCC1. The Morgan fingerprint density at radius 3 is 2.75 bits per heavy atom. The third-order valence-electron chi connectivity index (χ3n) is 1.54. The smallest absolute Gasteiger partial charge is 0.120 e. The van der Waals surface area contributed by atoms with E-state index in [0.717, 1.165) is 18.4 Å². The van der Waals surface area contributed by atoms with Gasteiger partial charge in [-0.05, 0) is 26.7 Å². The largest absolute Gasteiger partial charge is 0.378 e. The molecule has 1 nitrogen and oxygen atoms in total. The summed E-state index contributed by atoms with van der Waals surface area (Å²) in [6.45, 7) is 3.39. The van der Waals surface area contributed by atoms with E-state index in [4.69, 9.17) is 0 Å². The van der Waals surface area contributed by atoms with Crippen molar-refractivity contribution >= 4 is 0 Å². The van der Waals surface area contributed by atoms with Crippen molar-refractivity contribution in [1.82, 2.24) is 0 Å². The van der Waals surface area contributed by atoms with Crippen LogP contribution in [0.15, 0.2) is 23.8 Å². The Hall–Kier alpha value is -1.00. The van der Waals surface area contributed by atoms with Crippen molar-refractivity contribution in [3.8, 4) is 11.8 Å². The zero-order valence-electron chi connectivity index (χ0n) is 7.59. The van der Waals surface area contributed by atoms with E-state index in [2.05, 4.69) is 17.9 Å². The molecule has 12 heavy (non-hydrogen) atoms. The van der Waals surface area contributed by atoms with Gasteiger partial charge >= 0.3 is 0 Å². The first-order valence-electron chi connectivity index (χ1n) is 4.19. The lowest BCUT2D eigenvalue weighted by atomic mass is 10.0. The molecule has 1 heteroatoms. The summed E-state index contributed by atoms with van der Waals surface area (Å²) in [7, 11) is 0. The van der Waals surface area contributed by atoms with Crippen molar-refractivity contribution in [2.24, 2.45) is 0 Å². The van der Waals surface area contributed by atoms with E-state index in [1.807, 2.05) is 12.2 Å². The van der Waals surface area contributed by atoms with Crippen molar-refractivity contribution in [3.05, 3.63) is 23.8 Å². The summed E-state index contributed by atoms with van der Waals surface area (Å²) < 4.78 is 0. The molecule has 0 unspecified atom stereocenters. The Morgan fingerprint density at radius 2 is 2.25 bits per heavy atom. The van der Waals surface area contributed by atoms with Crippen LogP contribution >= 0.6 is 0 Å². The van der Waals surface area contributed by atoms with Gasteiger partial charge in [-0.1, -0.05) is 30.1 Å². The van der Waals surface area contributed by atoms with Crippen LogP contribution in [0.2, 0.25) is 0 Å². The lowest BCUT2D eigenvalue weighted by molar-refractivity contribution is 0.143. The molecular weight excluding hydrogens is 148 g/mol. The molecule has 1 N–H and O–H groups in total. The molecule has 0 saturated heterocycles. The lowest BCUT2D eigenvalue weighted by Gasteiger charge is -2.07. The van der Waals surface area contributed by atoms with Gasteiger partial charge in [0.05, 0.1) is 0 Å². The van der Waals surface area contributed by atoms with Gasteiger partial charge in [0.25, 0.3) is 0 Å². The first-order valence-corrected chi connectivity index (χ1v) is 4.19. The molecule has 0 aliphatic heterocycles. The minimum absolute atomic E-state index is 0.873. The van der Waals surface area contributed by atoms with Crippen LogP contribution in [-0.4, -0.2) is 10.7 Å². The van der Waals surface area contributed by atoms with Gasteiger partial charge in [0.2, 0.25) is 0 Å². The zero-order chi connectivity index (χ0) is 9.03. The van der Waals surface area contributed by atoms with Crippen LogP contribution in [0.25, 0.3) is 0 Å². The number of aliphatic hydroxyl groups is 1. The maximum atomic E-state index is 9.33. The molecule has 0 aromatic heterocycles. The molecule has 0 bridgehead atoms. The van der Waals surface area contributed by atoms with Gasteiger partial charge in [-0.3, -0.25) is 0 Å². The standard InChI is InChI=1S/C11H14O/c1-11(2,12)9-8-10-6-4-3-5-7-10/h3-4,6,12H,5,7H2,1-2H3. The first kappa shape index (κ1) is 9.09. The van der Waals surface area contributed by atoms with E-state index in [-0.39, 0.29) is 0 Å². The van der Waals surface area contributed by atoms with Crippen LogP contribution in [-0.2, 0) is 0 Å². The van der Waals surface area contributed by atoms with E-state index < -0.39 is 5.60 Å². The average molecular weight is 162 g/mol. The number of hydrogen-bond acceptors (Lipinski definition) is 1. The van der Waals surface area contributed by atoms with Crippen molar-refractivity contribution in [3.63, 3.8) is 0 Å². The van der Waals surface area contributed by atoms with Crippen LogP contribution in [0.4, 0.5) is 0 Å². The minimum Gasteiger partial charge on any atom is -0.378 e. The highest BCUT2D eigenvalue weighted by molar-refractivity contribution is 5.35. The quantitative estimate of drug-likeness (QED) is 0.540. The van der Waals surface area contributed by atoms with E-state index in [1.165, 1.54) is 0 Å². The summed E-state index contributed by atoms with van der Waals surface area (Å²) >= 11 is 0. The van der Waals surface area contributed by atoms with Crippen LogP contribution in [0, 0.1) is 11.8 Å². The molecule has 0 aromatic rings. The molecule has 0 amide bonds. The molecule has 1 aliphatic rings. The van der Waals surface area contributed by atoms with Gasteiger partial charge in [-0.15, -0.1) is 0 Å². The summed E-state index contributed by atoms with van der Waals surface area (Å²) in [6, 6.07) is 0. The van der Waals surface area contributed by atoms with Crippen molar-refractivity contribution < 1.29 is 5.11 Å². The summed E-state index contributed by atoms with van der Waals surface area (Å²) in [6.07, 6.45) is 8.20. The monoisotopic (exact) mass is 162 g/mol. The zero-order valence-corrected chi connectivity index (χ0v) is 7.59. The third kappa shape index (κ3) is 3.41.